The van der Waals surface area contributed by atoms with Crippen LogP contribution in [0.4, 0.5) is 0 Å². The predicted octanol–water partition coefficient (Wildman–Crippen LogP) is 2.00. The Kier molecular flexibility index (Phi) is 4.31. The van der Waals surface area contributed by atoms with Crippen LogP contribution in [0.3, 0.4) is 0 Å². The summed E-state index contributed by atoms with van der Waals surface area (Å²) < 4.78 is 16.5. The molecule has 2 rings (SSSR count). The van der Waals surface area contributed by atoms with Gasteiger partial charge in [-0.3, -0.25) is 0 Å². The van der Waals surface area contributed by atoms with E-state index in [1.807, 2.05) is 19.1 Å². The van der Waals surface area contributed by atoms with Crippen LogP contribution in [0.2, 0.25) is 0 Å². The van der Waals surface area contributed by atoms with Crippen molar-refractivity contribution in [3.63, 3.8) is 0 Å². The maximum Gasteiger partial charge on any atom is 0.203 e. The Labute approximate surface area is 108 Å². The van der Waals surface area contributed by atoms with Crippen LogP contribution in [0.5, 0.6) is 17.2 Å². The van der Waals surface area contributed by atoms with Gasteiger partial charge in [0.1, 0.15) is 0 Å². The third kappa shape index (κ3) is 2.88. The lowest BCUT2D eigenvalue weighted by Crippen LogP contribution is -2.42. The lowest BCUT2D eigenvalue weighted by atomic mass is 10.0. The SMILES string of the molecule is COc1cc(C)cc(OC)c1OCCC1CNC1. The summed E-state index contributed by atoms with van der Waals surface area (Å²) in [6.07, 6.45) is 1.06. The van der Waals surface area contributed by atoms with E-state index >= 15 is 0 Å². The maximum absolute atomic E-state index is 5.83. The first kappa shape index (κ1) is 13.0. The number of ether oxygens (including phenoxy) is 3. The highest BCUT2D eigenvalue weighted by molar-refractivity contribution is 5.53. The van der Waals surface area contributed by atoms with Crippen LogP contribution in [-0.4, -0.2) is 33.9 Å². The Morgan fingerprint density at radius 2 is 1.78 bits per heavy atom. The van der Waals surface area contributed by atoms with Gasteiger partial charge in [0.25, 0.3) is 0 Å². The highest BCUT2D eigenvalue weighted by Crippen LogP contribution is 2.38. The summed E-state index contributed by atoms with van der Waals surface area (Å²) in [7, 11) is 3.30. The predicted molar refractivity (Wildman–Crippen MR) is 70.8 cm³/mol. The molecule has 0 aliphatic carbocycles. The van der Waals surface area contributed by atoms with Gasteiger partial charge in [-0.05, 0) is 50.0 Å². The Balaban J connectivity index is 2.03. The van der Waals surface area contributed by atoms with Crippen LogP contribution in [0, 0.1) is 12.8 Å². The molecular weight excluding hydrogens is 230 g/mol. The van der Waals surface area contributed by atoms with E-state index in [2.05, 4.69) is 5.32 Å². The molecule has 0 aromatic heterocycles. The highest BCUT2D eigenvalue weighted by Gasteiger charge is 2.18. The van der Waals surface area contributed by atoms with Gasteiger partial charge in [0.15, 0.2) is 11.5 Å². The van der Waals surface area contributed by atoms with E-state index in [1.165, 1.54) is 0 Å². The zero-order valence-corrected chi connectivity index (χ0v) is 11.3. The van der Waals surface area contributed by atoms with Gasteiger partial charge in [-0.2, -0.15) is 0 Å². The Morgan fingerprint density at radius 1 is 1.17 bits per heavy atom. The van der Waals surface area contributed by atoms with Crippen LogP contribution in [-0.2, 0) is 0 Å². The van der Waals surface area contributed by atoms with E-state index < -0.39 is 0 Å². The number of benzene rings is 1. The van der Waals surface area contributed by atoms with Gasteiger partial charge >= 0.3 is 0 Å². The summed E-state index contributed by atoms with van der Waals surface area (Å²) in [5.41, 5.74) is 1.10. The van der Waals surface area contributed by atoms with Gasteiger partial charge in [0.2, 0.25) is 5.75 Å². The molecule has 0 bridgehead atoms. The summed E-state index contributed by atoms with van der Waals surface area (Å²) in [6.45, 7) is 4.91. The van der Waals surface area contributed by atoms with Gasteiger partial charge < -0.3 is 19.5 Å². The standard InChI is InChI=1S/C14H21NO3/c1-10-6-12(16-2)14(13(7-10)17-3)18-5-4-11-8-15-9-11/h6-7,11,15H,4-5,8-9H2,1-3H3. The molecule has 1 aromatic carbocycles. The van der Waals surface area contributed by atoms with E-state index in [9.17, 15) is 0 Å². The first-order valence-electron chi connectivity index (χ1n) is 6.30. The molecule has 18 heavy (non-hydrogen) atoms. The Bertz CT molecular complexity index is 377. The van der Waals surface area contributed by atoms with Crippen molar-refractivity contribution >= 4 is 0 Å². The molecule has 1 N–H and O–H groups in total. The fraction of sp³-hybridized carbons (Fsp3) is 0.571. The second kappa shape index (κ2) is 5.96. The molecule has 100 valence electrons. The zero-order valence-electron chi connectivity index (χ0n) is 11.3. The molecule has 1 saturated heterocycles. The van der Waals surface area contributed by atoms with Gasteiger partial charge in [-0.15, -0.1) is 0 Å². The van der Waals surface area contributed by atoms with E-state index in [1.54, 1.807) is 14.2 Å². The molecular formula is C14H21NO3. The Hall–Kier alpha value is -1.42. The second-order valence-electron chi connectivity index (χ2n) is 4.66. The quantitative estimate of drug-likeness (QED) is 0.839. The van der Waals surface area contributed by atoms with Crippen LogP contribution < -0.4 is 19.5 Å². The molecule has 0 atom stereocenters. The van der Waals surface area contributed by atoms with E-state index in [-0.39, 0.29) is 0 Å². The summed E-state index contributed by atoms with van der Waals surface area (Å²) in [5, 5.41) is 3.26. The zero-order chi connectivity index (χ0) is 13.0. The lowest BCUT2D eigenvalue weighted by molar-refractivity contribution is 0.223. The molecule has 0 unspecified atom stereocenters. The smallest absolute Gasteiger partial charge is 0.203 e. The lowest BCUT2D eigenvalue weighted by Gasteiger charge is -2.27. The Morgan fingerprint density at radius 3 is 2.22 bits per heavy atom. The molecule has 1 aliphatic heterocycles. The summed E-state index contributed by atoms with van der Waals surface area (Å²) in [4.78, 5) is 0. The monoisotopic (exact) mass is 251 g/mol. The van der Waals surface area contributed by atoms with Crippen molar-refractivity contribution in [2.24, 2.45) is 5.92 Å². The minimum Gasteiger partial charge on any atom is -0.493 e. The largest absolute Gasteiger partial charge is 0.493 e. The van der Waals surface area contributed by atoms with Crippen LogP contribution in [0.15, 0.2) is 12.1 Å². The third-order valence-electron chi connectivity index (χ3n) is 3.24. The average molecular weight is 251 g/mol. The molecule has 1 aromatic rings. The third-order valence-corrected chi connectivity index (χ3v) is 3.24. The van der Waals surface area contributed by atoms with Crippen molar-refractivity contribution in [1.29, 1.82) is 0 Å². The molecule has 1 aliphatic rings. The van der Waals surface area contributed by atoms with E-state index in [4.69, 9.17) is 14.2 Å². The molecule has 0 amide bonds. The van der Waals surface area contributed by atoms with Crippen molar-refractivity contribution < 1.29 is 14.2 Å². The molecule has 1 heterocycles. The van der Waals surface area contributed by atoms with E-state index in [0.29, 0.717) is 12.4 Å². The fourth-order valence-corrected chi connectivity index (χ4v) is 2.03. The number of hydrogen-bond acceptors (Lipinski definition) is 4. The normalized spacial score (nSPS) is 15.1. The summed E-state index contributed by atoms with van der Waals surface area (Å²) in [5.74, 6) is 2.92. The minimum atomic E-state index is 0.697. The van der Waals surface area contributed by atoms with Gasteiger partial charge in [-0.25, -0.2) is 0 Å². The van der Waals surface area contributed by atoms with Crippen LogP contribution in [0.25, 0.3) is 0 Å². The second-order valence-corrected chi connectivity index (χ2v) is 4.66. The van der Waals surface area contributed by atoms with Crippen LogP contribution in [0.1, 0.15) is 12.0 Å². The van der Waals surface area contributed by atoms with Crippen LogP contribution >= 0.6 is 0 Å². The fourth-order valence-electron chi connectivity index (χ4n) is 2.03. The number of rotatable bonds is 6. The average Bonchev–Trinajstić information content (AvgIpc) is 2.32. The maximum atomic E-state index is 5.83. The van der Waals surface area contributed by atoms with Gasteiger partial charge in [0.05, 0.1) is 20.8 Å². The summed E-state index contributed by atoms with van der Waals surface area (Å²) in [6, 6.07) is 3.92. The van der Waals surface area contributed by atoms with Gasteiger partial charge in [0, 0.05) is 0 Å². The number of aryl methyl sites for hydroxylation is 1. The molecule has 4 nitrogen and oxygen atoms in total. The van der Waals surface area contributed by atoms with Crippen molar-refractivity contribution in [2.75, 3.05) is 33.9 Å². The van der Waals surface area contributed by atoms with Crippen molar-refractivity contribution in [3.05, 3.63) is 17.7 Å². The van der Waals surface area contributed by atoms with E-state index in [0.717, 1.165) is 42.5 Å². The topological polar surface area (TPSA) is 39.7 Å². The number of nitrogens with one attached hydrogen (secondary N) is 1. The van der Waals surface area contributed by atoms with Crippen molar-refractivity contribution in [3.8, 4) is 17.2 Å². The first-order valence-corrected chi connectivity index (χ1v) is 6.30. The van der Waals surface area contributed by atoms with Crippen molar-refractivity contribution in [2.45, 2.75) is 13.3 Å². The van der Waals surface area contributed by atoms with Gasteiger partial charge in [-0.1, -0.05) is 0 Å². The van der Waals surface area contributed by atoms with Crippen molar-refractivity contribution in [1.82, 2.24) is 5.32 Å². The highest BCUT2D eigenvalue weighted by atomic mass is 16.5. The number of hydrogen-bond donors (Lipinski definition) is 1. The minimum absolute atomic E-state index is 0.697. The first-order chi connectivity index (χ1) is 8.74. The molecule has 0 spiro atoms. The molecule has 4 heteroatoms. The molecule has 0 saturated carbocycles. The summed E-state index contributed by atoms with van der Waals surface area (Å²) >= 11 is 0. The molecule has 1 fully saturated rings. The molecule has 0 radical (unpaired) electrons. The number of methoxy groups -OCH3 is 2.